The van der Waals surface area contributed by atoms with Crippen LogP contribution >= 0.6 is 0 Å². The summed E-state index contributed by atoms with van der Waals surface area (Å²) >= 11 is 0. The molecule has 13 heteroatoms. The zero-order valence-corrected chi connectivity index (χ0v) is 14.0. The summed E-state index contributed by atoms with van der Waals surface area (Å²) in [5.41, 5.74) is 6.14. The molecule has 1 aliphatic rings. The van der Waals surface area contributed by atoms with Crippen LogP contribution in [0.25, 0.3) is 16.6 Å². The fraction of sp³-hybridized carbons (Fsp3) is 0.308. The molecular formula is C13H11F2N5O5S. The monoisotopic (exact) mass is 387 g/mol. The van der Waals surface area contributed by atoms with E-state index in [9.17, 15) is 17.2 Å². The van der Waals surface area contributed by atoms with Crippen LogP contribution in [0.3, 0.4) is 0 Å². The van der Waals surface area contributed by atoms with Crippen molar-refractivity contribution in [1.29, 1.82) is 0 Å². The van der Waals surface area contributed by atoms with Crippen molar-refractivity contribution in [3.8, 4) is 11.5 Å². The number of nitrogen functional groups attached to an aromatic ring is 1. The molecule has 3 heterocycles. The Morgan fingerprint density at radius 3 is 2.81 bits per heavy atom. The van der Waals surface area contributed by atoms with Crippen LogP contribution in [-0.2, 0) is 20.7 Å². The number of aromatic nitrogens is 4. The van der Waals surface area contributed by atoms with E-state index in [4.69, 9.17) is 5.73 Å². The molecule has 1 aromatic carbocycles. The molecule has 1 aliphatic heterocycles. The largest absolute Gasteiger partial charge is 0.586 e. The minimum Gasteiger partial charge on any atom is -0.395 e. The molecule has 138 valence electrons. The standard InChI is InChI=1S/C13H11F2N5O5S/c1-26(21,22)23-5-4-8-17-11-6-2-3-7-10(25-13(14,15)24-7)9(6)18-12(16)20(11)19-8/h2-3H,4-5H2,1H3,(H2,16,18). The summed E-state index contributed by atoms with van der Waals surface area (Å²) in [7, 11) is -3.59. The molecule has 4 rings (SSSR count). The van der Waals surface area contributed by atoms with Gasteiger partial charge in [-0.25, -0.2) is 9.97 Å². The van der Waals surface area contributed by atoms with E-state index in [1.165, 1.54) is 16.6 Å². The highest BCUT2D eigenvalue weighted by atomic mass is 32.2. The second-order valence-electron chi connectivity index (χ2n) is 5.47. The smallest absolute Gasteiger partial charge is 0.395 e. The lowest BCUT2D eigenvalue weighted by atomic mass is 10.2. The number of hydrogen-bond acceptors (Lipinski definition) is 9. The van der Waals surface area contributed by atoms with Gasteiger partial charge in [-0.1, -0.05) is 0 Å². The Balaban J connectivity index is 1.78. The van der Waals surface area contributed by atoms with Gasteiger partial charge in [0.15, 0.2) is 23.0 Å². The second kappa shape index (κ2) is 5.35. The molecule has 3 aromatic rings. The maximum Gasteiger partial charge on any atom is 0.586 e. The van der Waals surface area contributed by atoms with Crippen molar-refractivity contribution < 1.29 is 30.9 Å². The van der Waals surface area contributed by atoms with Crippen LogP contribution in [0.5, 0.6) is 11.5 Å². The van der Waals surface area contributed by atoms with Gasteiger partial charge in [0.25, 0.3) is 10.1 Å². The molecule has 0 saturated heterocycles. The van der Waals surface area contributed by atoms with Crippen molar-refractivity contribution in [3.63, 3.8) is 0 Å². The number of hydrogen-bond donors (Lipinski definition) is 1. The number of fused-ring (bicyclic) bond motifs is 5. The third-order valence-electron chi connectivity index (χ3n) is 3.50. The number of anilines is 1. The lowest BCUT2D eigenvalue weighted by Crippen LogP contribution is -2.26. The maximum absolute atomic E-state index is 13.3. The van der Waals surface area contributed by atoms with Crippen molar-refractivity contribution in [2.75, 3.05) is 18.6 Å². The summed E-state index contributed by atoms with van der Waals surface area (Å²) in [5.74, 6) is -0.271. The van der Waals surface area contributed by atoms with E-state index >= 15 is 0 Å². The summed E-state index contributed by atoms with van der Waals surface area (Å²) < 4.78 is 63.4. The van der Waals surface area contributed by atoms with Crippen molar-refractivity contribution in [2.24, 2.45) is 0 Å². The Kier molecular flexibility index (Phi) is 3.43. The molecule has 0 saturated carbocycles. The predicted octanol–water partition coefficient (Wildman–Crippen LogP) is 0.700. The van der Waals surface area contributed by atoms with Gasteiger partial charge in [-0.2, -0.15) is 12.9 Å². The van der Waals surface area contributed by atoms with Crippen LogP contribution in [0.15, 0.2) is 12.1 Å². The van der Waals surface area contributed by atoms with E-state index in [2.05, 4.69) is 28.7 Å². The summed E-state index contributed by atoms with van der Waals surface area (Å²) in [6.07, 6.45) is -2.77. The molecule has 0 atom stereocenters. The third-order valence-corrected chi connectivity index (χ3v) is 4.10. The molecule has 2 N–H and O–H groups in total. The lowest BCUT2D eigenvalue weighted by Gasteiger charge is -2.05. The Labute approximate surface area is 144 Å². The van der Waals surface area contributed by atoms with E-state index in [-0.39, 0.29) is 47.5 Å². The van der Waals surface area contributed by atoms with Crippen molar-refractivity contribution in [1.82, 2.24) is 19.6 Å². The molecule has 10 nitrogen and oxygen atoms in total. The van der Waals surface area contributed by atoms with Crippen LogP contribution in [0.2, 0.25) is 0 Å². The van der Waals surface area contributed by atoms with E-state index in [1.54, 1.807) is 0 Å². The highest BCUT2D eigenvalue weighted by molar-refractivity contribution is 7.85. The fourth-order valence-electron chi connectivity index (χ4n) is 2.53. The van der Waals surface area contributed by atoms with E-state index in [0.717, 1.165) is 6.26 Å². The Morgan fingerprint density at radius 1 is 1.31 bits per heavy atom. The topological polar surface area (TPSA) is 131 Å². The zero-order valence-electron chi connectivity index (χ0n) is 13.1. The molecule has 0 fully saturated rings. The average Bonchev–Trinajstić information content (AvgIpc) is 3.06. The van der Waals surface area contributed by atoms with Gasteiger partial charge in [0, 0.05) is 11.8 Å². The van der Waals surface area contributed by atoms with Crippen LogP contribution in [-0.4, -0.2) is 47.2 Å². The first-order chi connectivity index (χ1) is 12.1. The Bertz CT molecular complexity index is 1150. The Morgan fingerprint density at radius 2 is 2.08 bits per heavy atom. The van der Waals surface area contributed by atoms with Gasteiger partial charge < -0.3 is 15.2 Å². The first-order valence-corrected chi connectivity index (χ1v) is 9.03. The van der Waals surface area contributed by atoms with Gasteiger partial charge in [0.05, 0.1) is 12.9 Å². The quantitative estimate of drug-likeness (QED) is 0.643. The first-order valence-electron chi connectivity index (χ1n) is 7.21. The van der Waals surface area contributed by atoms with Crippen molar-refractivity contribution in [2.45, 2.75) is 12.7 Å². The van der Waals surface area contributed by atoms with E-state index in [0.29, 0.717) is 5.39 Å². The van der Waals surface area contributed by atoms with Gasteiger partial charge >= 0.3 is 6.29 Å². The molecule has 0 unspecified atom stereocenters. The molecule has 26 heavy (non-hydrogen) atoms. The molecule has 0 amide bonds. The molecular weight excluding hydrogens is 376 g/mol. The number of ether oxygens (including phenoxy) is 2. The molecule has 0 radical (unpaired) electrons. The zero-order chi connectivity index (χ0) is 18.7. The van der Waals surface area contributed by atoms with Crippen LogP contribution in [0, 0.1) is 0 Å². The Hall–Kier alpha value is -2.80. The highest BCUT2D eigenvalue weighted by Gasteiger charge is 2.44. The minimum atomic E-state index is -3.79. The number of nitrogens with two attached hydrogens (primary N) is 1. The summed E-state index contributed by atoms with van der Waals surface area (Å²) in [6.45, 7) is -0.153. The molecule has 0 aliphatic carbocycles. The molecule has 0 bridgehead atoms. The SMILES string of the molecule is CS(=O)(=O)OCCc1nc2c3ccc4c(c3nc(N)n2n1)OC(F)(F)O4. The number of nitrogens with zero attached hydrogens (tertiary/aromatic N) is 4. The number of benzene rings is 1. The molecule has 0 spiro atoms. The highest BCUT2D eigenvalue weighted by Crippen LogP contribution is 2.45. The predicted molar refractivity (Wildman–Crippen MR) is 83.4 cm³/mol. The van der Waals surface area contributed by atoms with Gasteiger partial charge in [-0.15, -0.1) is 13.9 Å². The summed E-state index contributed by atoms with van der Waals surface area (Å²) in [5, 5.41) is 4.49. The number of rotatable bonds is 4. The van der Waals surface area contributed by atoms with Gasteiger partial charge in [-0.3, -0.25) is 4.18 Å². The third kappa shape index (κ3) is 2.84. The first kappa shape index (κ1) is 16.7. The number of halogens is 2. The second-order valence-corrected chi connectivity index (χ2v) is 7.11. The van der Waals surface area contributed by atoms with Crippen LogP contribution < -0.4 is 15.2 Å². The van der Waals surface area contributed by atoms with E-state index < -0.39 is 16.4 Å². The molecule has 2 aromatic heterocycles. The van der Waals surface area contributed by atoms with Crippen molar-refractivity contribution in [3.05, 3.63) is 18.0 Å². The average molecular weight is 387 g/mol. The summed E-state index contributed by atoms with van der Waals surface area (Å²) in [4.78, 5) is 8.30. The normalized spacial score (nSPS) is 15.8. The van der Waals surface area contributed by atoms with Crippen LogP contribution in [0.4, 0.5) is 14.7 Å². The minimum absolute atomic E-state index is 0.0519. The number of alkyl halides is 2. The maximum atomic E-state index is 13.3. The van der Waals surface area contributed by atoms with E-state index in [1.807, 2.05) is 0 Å². The van der Waals surface area contributed by atoms with Gasteiger partial charge in [0.1, 0.15) is 5.52 Å². The van der Waals surface area contributed by atoms with Crippen LogP contribution in [0.1, 0.15) is 5.82 Å². The van der Waals surface area contributed by atoms with Gasteiger partial charge in [0.2, 0.25) is 5.95 Å². The van der Waals surface area contributed by atoms with Gasteiger partial charge in [-0.05, 0) is 12.1 Å². The fourth-order valence-corrected chi connectivity index (χ4v) is 2.92. The van der Waals surface area contributed by atoms with Crippen molar-refractivity contribution >= 4 is 32.6 Å². The lowest BCUT2D eigenvalue weighted by molar-refractivity contribution is -0.286. The summed E-state index contributed by atoms with van der Waals surface area (Å²) in [6, 6.07) is 2.78.